The molecule has 1 fully saturated rings. The summed E-state index contributed by atoms with van der Waals surface area (Å²) in [5, 5.41) is 3.45. The molecule has 2 N–H and O–H groups in total. The molecule has 5 nitrogen and oxygen atoms in total. The van der Waals surface area contributed by atoms with E-state index in [4.69, 9.17) is 0 Å². The summed E-state index contributed by atoms with van der Waals surface area (Å²) in [5.41, 5.74) is 4.28. The number of aromatic nitrogens is 1. The molecule has 2 aliphatic rings. The number of carbonyl (C=O) groups excluding carboxylic acids is 2. The lowest BCUT2D eigenvalue weighted by Gasteiger charge is -2.36. The fourth-order valence-electron chi connectivity index (χ4n) is 4.08. The average Bonchev–Trinajstić information content (AvgIpc) is 2.89. The fourth-order valence-corrected chi connectivity index (χ4v) is 4.08. The van der Waals surface area contributed by atoms with Gasteiger partial charge in [0.1, 0.15) is 0 Å². The summed E-state index contributed by atoms with van der Waals surface area (Å²) in [6.45, 7) is 5.77. The van der Waals surface area contributed by atoms with Gasteiger partial charge in [0.15, 0.2) is 6.29 Å². The highest BCUT2D eigenvalue weighted by Gasteiger charge is 2.26. The third-order valence-corrected chi connectivity index (χ3v) is 5.06. The van der Waals surface area contributed by atoms with E-state index in [-0.39, 0.29) is 5.91 Å². The van der Waals surface area contributed by atoms with Gasteiger partial charge in [0.25, 0.3) is 0 Å². The quantitative estimate of drug-likeness (QED) is 0.833. The van der Waals surface area contributed by atoms with Gasteiger partial charge in [-0.05, 0) is 57.1 Å². The number of nitrogens with zero attached hydrogens (tertiary/aromatic N) is 1. The van der Waals surface area contributed by atoms with E-state index in [1.54, 1.807) is 0 Å². The molecule has 3 rings (SSSR count). The van der Waals surface area contributed by atoms with Crippen LogP contribution in [0.5, 0.6) is 0 Å². The van der Waals surface area contributed by atoms with E-state index in [9.17, 15) is 9.59 Å². The van der Waals surface area contributed by atoms with Crippen LogP contribution in [-0.2, 0) is 24.1 Å². The minimum atomic E-state index is 0.202. The van der Waals surface area contributed by atoms with Crippen LogP contribution in [0.1, 0.15) is 60.4 Å². The predicted molar refractivity (Wildman–Crippen MR) is 89.8 cm³/mol. The number of H-pyrrole nitrogens is 1. The molecule has 0 spiro atoms. The van der Waals surface area contributed by atoms with Gasteiger partial charge >= 0.3 is 0 Å². The van der Waals surface area contributed by atoms with Crippen molar-refractivity contribution in [2.24, 2.45) is 0 Å². The fraction of sp³-hybridized carbons (Fsp3) is 0.667. The van der Waals surface area contributed by atoms with Gasteiger partial charge in [-0.1, -0.05) is 0 Å². The van der Waals surface area contributed by atoms with Gasteiger partial charge in [0.05, 0.1) is 5.69 Å². The van der Waals surface area contributed by atoms with E-state index in [0.717, 1.165) is 37.8 Å². The van der Waals surface area contributed by atoms with Crippen LogP contribution in [-0.4, -0.2) is 47.3 Å². The summed E-state index contributed by atoms with van der Waals surface area (Å²) in [6.07, 6.45) is 6.49. The number of hydrogen-bond acceptors (Lipinski definition) is 3. The topological polar surface area (TPSA) is 65.2 Å². The first kappa shape index (κ1) is 16.2. The van der Waals surface area contributed by atoms with E-state index in [0.29, 0.717) is 30.6 Å². The maximum atomic E-state index is 12.6. The number of aryl methyl sites for hydroxylation is 1. The molecule has 1 aromatic heterocycles. The number of carbonyl (C=O) groups is 2. The summed E-state index contributed by atoms with van der Waals surface area (Å²) in [6, 6.07) is 0.682. The number of amides is 1. The third kappa shape index (κ3) is 3.50. The monoisotopic (exact) mass is 317 g/mol. The summed E-state index contributed by atoms with van der Waals surface area (Å²) >= 11 is 0. The number of aldehydes is 1. The van der Waals surface area contributed by atoms with Crippen molar-refractivity contribution in [3.8, 4) is 0 Å². The van der Waals surface area contributed by atoms with Gasteiger partial charge in [0, 0.05) is 37.3 Å². The van der Waals surface area contributed by atoms with Gasteiger partial charge in [-0.15, -0.1) is 0 Å². The van der Waals surface area contributed by atoms with E-state index < -0.39 is 0 Å². The van der Waals surface area contributed by atoms with Crippen molar-refractivity contribution in [1.29, 1.82) is 0 Å². The molecule has 0 saturated carbocycles. The van der Waals surface area contributed by atoms with E-state index in [1.807, 2.05) is 4.90 Å². The largest absolute Gasteiger partial charge is 0.356 e. The minimum Gasteiger partial charge on any atom is -0.356 e. The number of fused-ring (bicyclic) bond motifs is 1. The van der Waals surface area contributed by atoms with E-state index >= 15 is 0 Å². The molecule has 2 atom stereocenters. The molecule has 2 heterocycles. The number of rotatable bonds is 4. The molecule has 1 saturated heterocycles. The second-order valence-corrected chi connectivity index (χ2v) is 7.07. The smallest absolute Gasteiger partial charge is 0.223 e. The summed E-state index contributed by atoms with van der Waals surface area (Å²) in [7, 11) is 0. The van der Waals surface area contributed by atoms with Crippen molar-refractivity contribution >= 4 is 12.2 Å². The van der Waals surface area contributed by atoms with Gasteiger partial charge < -0.3 is 15.2 Å². The standard InChI is InChI=1S/C18H27N3O2/c1-12-9-21(10-13(2)19-12)18(23)8-7-15-14-5-3-4-6-16(14)20-17(15)11-22/h11-13,19-20H,3-10H2,1-2H3. The number of piperazine rings is 1. The molecule has 1 aromatic rings. The number of hydrogen-bond donors (Lipinski definition) is 2. The van der Waals surface area contributed by atoms with Gasteiger partial charge in [0.2, 0.25) is 5.91 Å². The Morgan fingerprint density at radius 3 is 2.61 bits per heavy atom. The first-order valence-electron chi connectivity index (χ1n) is 8.80. The average molecular weight is 317 g/mol. The summed E-state index contributed by atoms with van der Waals surface area (Å²) in [4.78, 5) is 29.1. The molecular weight excluding hydrogens is 290 g/mol. The zero-order valence-electron chi connectivity index (χ0n) is 14.2. The van der Waals surface area contributed by atoms with Crippen LogP contribution in [0.15, 0.2) is 0 Å². The van der Waals surface area contributed by atoms with Gasteiger partial charge in [-0.25, -0.2) is 0 Å². The highest BCUT2D eigenvalue weighted by Crippen LogP contribution is 2.27. The van der Waals surface area contributed by atoms with Crippen LogP contribution in [0.25, 0.3) is 0 Å². The molecular formula is C18H27N3O2. The Morgan fingerprint density at radius 2 is 1.91 bits per heavy atom. The Bertz CT molecular complexity index is 583. The zero-order valence-corrected chi connectivity index (χ0v) is 14.2. The van der Waals surface area contributed by atoms with E-state index in [1.165, 1.54) is 24.1 Å². The maximum Gasteiger partial charge on any atom is 0.223 e. The molecule has 0 aromatic carbocycles. The maximum absolute atomic E-state index is 12.6. The Labute approximate surface area is 137 Å². The highest BCUT2D eigenvalue weighted by atomic mass is 16.2. The third-order valence-electron chi connectivity index (χ3n) is 5.06. The van der Waals surface area contributed by atoms with Crippen molar-refractivity contribution in [2.45, 2.75) is 64.5 Å². The van der Waals surface area contributed by atoms with Crippen LogP contribution in [0, 0.1) is 0 Å². The van der Waals surface area contributed by atoms with Crippen LogP contribution in [0.4, 0.5) is 0 Å². The van der Waals surface area contributed by atoms with Crippen LogP contribution in [0.3, 0.4) is 0 Å². The predicted octanol–water partition coefficient (Wildman–Crippen LogP) is 1.85. The molecule has 1 aliphatic heterocycles. The Kier molecular flexibility index (Phi) is 4.85. The normalized spacial score (nSPS) is 24.3. The first-order chi connectivity index (χ1) is 11.1. The lowest BCUT2D eigenvalue weighted by molar-refractivity contribution is -0.132. The summed E-state index contributed by atoms with van der Waals surface area (Å²) < 4.78 is 0. The molecule has 5 heteroatoms. The van der Waals surface area contributed by atoms with Gasteiger partial charge in [-0.2, -0.15) is 0 Å². The second-order valence-electron chi connectivity index (χ2n) is 7.07. The lowest BCUT2D eigenvalue weighted by Crippen LogP contribution is -2.55. The number of aromatic amines is 1. The SMILES string of the molecule is CC1CN(C(=O)CCc2c(C=O)[nH]c3c2CCCC3)CC(C)N1. The van der Waals surface area contributed by atoms with Crippen LogP contribution < -0.4 is 5.32 Å². The molecule has 1 amide bonds. The summed E-state index contributed by atoms with van der Waals surface area (Å²) in [5.74, 6) is 0.202. The molecule has 126 valence electrons. The molecule has 23 heavy (non-hydrogen) atoms. The highest BCUT2D eigenvalue weighted by molar-refractivity contribution is 5.79. The van der Waals surface area contributed by atoms with Gasteiger partial charge in [-0.3, -0.25) is 9.59 Å². The van der Waals surface area contributed by atoms with E-state index in [2.05, 4.69) is 24.1 Å². The van der Waals surface area contributed by atoms with Crippen molar-refractivity contribution in [3.05, 3.63) is 22.5 Å². The second kappa shape index (κ2) is 6.87. The van der Waals surface area contributed by atoms with Crippen LogP contribution in [0.2, 0.25) is 0 Å². The van der Waals surface area contributed by atoms with Crippen LogP contribution >= 0.6 is 0 Å². The first-order valence-corrected chi connectivity index (χ1v) is 8.80. The Balaban J connectivity index is 1.67. The van der Waals surface area contributed by atoms with Crippen molar-refractivity contribution in [1.82, 2.24) is 15.2 Å². The minimum absolute atomic E-state index is 0.202. The zero-order chi connectivity index (χ0) is 16.4. The Morgan fingerprint density at radius 1 is 1.22 bits per heavy atom. The molecule has 0 radical (unpaired) electrons. The Hall–Kier alpha value is -1.62. The molecule has 0 bridgehead atoms. The molecule has 2 unspecified atom stereocenters. The number of nitrogens with one attached hydrogen (secondary N) is 2. The van der Waals surface area contributed by atoms with Crippen molar-refractivity contribution in [2.75, 3.05) is 13.1 Å². The molecule has 1 aliphatic carbocycles. The lowest BCUT2D eigenvalue weighted by atomic mass is 9.92. The van der Waals surface area contributed by atoms with Crippen molar-refractivity contribution in [3.63, 3.8) is 0 Å². The van der Waals surface area contributed by atoms with Crippen molar-refractivity contribution < 1.29 is 9.59 Å².